The van der Waals surface area contributed by atoms with E-state index in [1.807, 2.05) is 30.3 Å². The summed E-state index contributed by atoms with van der Waals surface area (Å²) in [5, 5.41) is 9.64. The molecule has 0 nitrogen and oxygen atoms in total. The Hall–Kier alpha value is -6.02. The first-order valence-electron chi connectivity index (χ1n) is 17.7. The van der Waals surface area contributed by atoms with Gasteiger partial charge >= 0.3 is 0 Å². The second-order valence-electron chi connectivity index (χ2n) is 12.7. The van der Waals surface area contributed by atoms with E-state index < -0.39 is 0 Å². The lowest BCUT2D eigenvalue weighted by atomic mass is 9.85. The zero-order valence-corrected chi connectivity index (χ0v) is 27.4. The van der Waals surface area contributed by atoms with Crippen LogP contribution in [-0.2, 0) is 0 Å². The van der Waals surface area contributed by atoms with Crippen molar-refractivity contribution in [2.24, 2.45) is 0 Å². The van der Waals surface area contributed by atoms with E-state index in [1.54, 1.807) is 11.3 Å². The molecule has 0 bridgehead atoms. The Labute approximate surface area is 292 Å². The van der Waals surface area contributed by atoms with Gasteiger partial charge in [0.25, 0.3) is 0 Å². The lowest BCUT2D eigenvalue weighted by Gasteiger charge is -2.18. The van der Waals surface area contributed by atoms with Gasteiger partial charge in [-0.05, 0) is 101 Å². The molecule has 0 aliphatic carbocycles. The average Bonchev–Trinajstić information content (AvgIpc) is 3.54. The van der Waals surface area contributed by atoms with Crippen LogP contribution in [0.1, 0.15) is 2.74 Å². The Balaban J connectivity index is 1.12. The number of thiophene rings is 1. The first kappa shape index (κ1) is 26.0. The topological polar surface area (TPSA) is 0 Å². The highest BCUT2D eigenvalue weighted by molar-refractivity contribution is 7.25. The third-order valence-electron chi connectivity index (χ3n) is 9.93. The molecule has 1 aromatic heterocycles. The van der Waals surface area contributed by atoms with Gasteiger partial charge in [-0.3, -0.25) is 0 Å². The van der Waals surface area contributed by atoms with Crippen molar-refractivity contribution in [1.82, 2.24) is 0 Å². The normalized spacial score (nSPS) is 12.2. The summed E-state index contributed by atoms with van der Waals surface area (Å²) in [5.41, 5.74) is 9.63. The van der Waals surface area contributed by atoms with Crippen LogP contribution >= 0.6 is 11.3 Å². The number of hydrogen-bond acceptors (Lipinski definition) is 1. The minimum Gasteiger partial charge on any atom is -0.135 e. The van der Waals surface area contributed by atoms with Crippen LogP contribution in [0.25, 0.3) is 97.0 Å². The zero-order chi connectivity index (χ0) is 34.1. The van der Waals surface area contributed by atoms with Gasteiger partial charge in [0.15, 0.2) is 0 Å². The summed E-state index contributed by atoms with van der Waals surface area (Å²) >= 11 is 1.76. The number of hydrogen-bond donors (Lipinski definition) is 0. The van der Waals surface area contributed by atoms with E-state index in [1.165, 1.54) is 81.5 Å². The molecular weight excluding hydrogens is 609 g/mol. The van der Waals surface area contributed by atoms with Crippen LogP contribution in [0.15, 0.2) is 182 Å². The van der Waals surface area contributed by atoms with Crippen molar-refractivity contribution in [3.05, 3.63) is 182 Å². The molecule has 0 spiro atoms. The second kappa shape index (κ2) is 11.3. The second-order valence-corrected chi connectivity index (χ2v) is 13.8. The Kier molecular flexibility index (Phi) is 6.00. The van der Waals surface area contributed by atoms with E-state index in [9.17, 15) is 0 Å². The van der Waals surface area contributed by atoms with Gasteiger partial charge < -0.3 is 0 Å². The number of rotatable bonds is 4. The van der Waals surface area contributed by atoms with Crippen LogP contribution in [0.4, 0.5) is 0 Å². The maximum Gasteiger partial charge on any atom is 0.0623 e. The van der Waals surface area contributed by atoms with Gasteiger partial charge in [-0.1, -0.05) is 158 Å². The molecule has 10 aromatic rings. The quantitative estimate of drug-likeness (QED) is 0.168. The van der Waals surface area contributed by atoms with Crippen LogP contribution in [0.3, 0.4) is 0 Å². The lowest BCUT2D eigenvalue weighted by molar-refractivity contribution is 1.62. The smallest absolute Gasteiger partial charge is 0.0623 e. The maximum atomic E-state index is 8.13. The summed E-state index contributed by atoms with van der Waals surface area (Å²) in [6, 6.07) is 61.6. The molecule has 0 atom stereocenters. The van der Waals surface area contributed by atoms with E-state index in [2.05, 4.69) is 140 Å². The first-order chi connectivity index (χ1) is 25.1. The van der Waals surface area contributed by atoms with Crippen LogP contribution < -0.4 is 0 Å². The van der Waals surface area contributed by atoms with Crippen LogP contribution in [0.2, 0.25) is 0 Å². The van der Waals surface area contributed by atoms with E-state index in [4.69, 9.17) is 2.74 Å². The predicted octanol–water partition coefficient (Wildman–Crippen LogP) is 14.2. The Bertz CT molecular complexity index is 2930. The van der Waals surface area contributed by atoms with Gasteiger partial charge in [-0.15, -0.1) is 11.3 Å². The molecule has 0 saturated carbocycles. The number of fused-ring (bicyclic) bond motifs is 6. The molecule has 0 amide bonds. The summed E-state index contributed by atoms with van der Waals surface area (Å²) in [6.07, 6.45) is 0. The highest BCUT2D eigenvalue weighted by Crippen LogP contribution is 2.45. The van der Waals surface area contributed by atoms with E-state index in [0.29, 0.717) is 12.1 Å². The summed E-state index contributed by atoms with van der Waals surface area (Å²) in [5.74, 6) is 0. The van der Waals surface area contributed by atoms with Crippen molar-refractivity contribution < 1.29 is 2.74 Å². The van der Waals surface area contributed by atoms with Crippen molar-refractivity contribution in [1.29, 1.82) is 0 Å². The van der Waals surface area contributed by atoms with Crippen molar-refractivity contribution in [2.75, 3.05) is 0 Å². The highest BCUT2D eigenvalue weighted by atomic mass is 32.1. The molecule has 0 unspecified atom stereocenters. The Morgan fingerprint density at radius 2 is 0.939 bits per heavy atom. The van der Waals surface area contributed by atoms with Crippen molar-refractivity contribution >= 4 is 63.8 Å². The summed E-state index contributed by atoms with van der Waals surface area (Å²) in [4.78, 5) is 0. The van der Waals surface area contributed by atoms with Gasteiger partial charge in [0.2, 0.25) is 0 Å². The van der Waals surface area contributed by atoms with Crippen LogP contribution in [0.5, 0.6) is 0 Å². The molecule has 0 aliphatic heterocycles. The molecule has 0 N–H and O–H groups in total. The van der Waals surface area contributed by atoms with Gasteiger partial charge in [-0.25, -0.2) is 0 Å². The Morgan fingerprint density at radius 3 is 1.71 bits per heavy atom. The van der Waals surface area contributed by atoms with E-state index >= 15 is 0 Å². The largest absolute Gasteiger partial charge is 0.135 e. The first-order valence-corrected chi connectivity index (χ1v) is 17.5. The molecule has 49 heavy (non-hydrogen) atoms. The fraction of sp³-hybridized carbons (Fsp3) is 0. The van der Waals surface area contributed by atoms with Crippen LogP contribution in [-0.4, -0.2) is 0 Å². The molecule has 1 heterocycles. The molecule has 10 rings (SSSR count). The van der Waals surface area contributed by atoms with Crippen molar-refractivity contribution in [3.8, 4) is 44.5 Å². The van der Waals surface area contributed by atoms with Crippen LogP contribution in [0, 0.1) is 0 Å². The monoisotopic (exact) mass is 640 g/mol. The molecular formula is C48H30S. The lowest BCUT2D eigenvalue weighted by Crippen LogP contribution is -1.91. The molecule has 0 radical (unpaired) electrons. The fourth-order valence-corrected chi connectivity index (χ4v) is 8.80. The third-order valence-corrected chi connectivity index (χ3v) is 11.0. The zero-order valence-electron chi connectivity index (χ0n) is 28.6. The molecule has 0 saturated heterocycles. The van der Waals surface area contributed by atoms with Gasteiger partial charge in [0.05, 0.1) is 2.74 Å². The van der Waals surface area contributed by atoms with E-state index in [0.717, 1.165) is 15.5 Å². The third kappa shape index (κ3) is 4.58. The number of benzene rings is 9. The van der Waals surface area contributed by atoms with Crippen molar-refractivity contribution in [3.63, 3.8) is 0 Å². The van der Waals surface area contributed by atoms with Gasteiger partial charge in [-0.2, -0.15) is 0 Å². The summed E-state index contributed by atoms with van der Waals surface area (Å²) < 4.78 is 18.5. The maximum absolute atomic E-state index is 8.13. The van der Waals surface area contributed by atoms with Gasteiger partial charge in [0, 0.05) is 20.2 Å². The van der Waals surface area contributed by atoms with E-state index in [-0.39, 0.29) is 0 Å². The summed E-state index contributed by atoms with van der Waals surface area (Å²) in [7, 11) is 0. The SMILES string of the molecule is [2H]c1ccc2cc(-c3cccc(-c4c5ccccc5c(-c5ccc(-c6cccc7sc8cc([2H])ccc8c67)cc5)c5ccccc45)c3)ccc2c1. The molecule has 0 aliphatic rings. The van der Waals surface area contributed by atoms with Crippen molar-refractivity contribution in [2.45, 2.75) is 0 Å². The Morgan fingerprint density at radius 1 is 0.347 bits per heavy atom. The molecule has 9 aromatic carbocycles. The van der Waals surface area contributed by atoms with Gasteiger partial charge in [0.1, 0.15) is 0 Å². The molecule has 0 fully saturated rings. The fourth-order valence-electron chi connectivity index (χ4n) is 7.69. The average molecular weight is 641 g/mol. The minimum atomic E-state index is 0.532. The highest BCUT2D eigenvalue weighted by Gasteiger charge is 2.18. The standard InChI is InChI=1S/C48H30S/c1-2-12-34-29-36(28-23-31(34)11-1)35-13-9-14-37(30-35)47-41-17-5-3-15-39(41)46(40-16-4-6-18-42(40)47)33-26-24-32(25-27-33)38-20-10-22-45-48(38)43-19-7-8-21-44(43)49-45/h1-30H/i1D,8D. The predicted molar refractivity (Wildman–Crippen MR) is 214 cm³/mol. The molecule has 1 heteroatoms. The minimum absolute atomic E-state index is 0.532. The summed E-state index contributed by atoms with van der Waals surface area (Å²) in [6.45, 7) is 0. The molecule has 228 valence electrons.